The first-order valence-corrected chi connectivity index (χ1v) is 23.7. The van der Waals surface area contributed by atoms with E-state index in [0.717, 1.165) is 24.3 Å². The fourth-order valence-electron chi connectivity index (χ4n) is 9.60. The highest BCUT2D eigenvalue weighted by atomic mass is 19.4. The Morgan fingerprint density at radius 2 is 0.558 bits per heavy atom. The average molecular weight is 1240 g/mol. The van der Waals surface area contributed by atoms with Crippen molar-refractivity contribution in [3.63, 3.8) is 0 Å². The summed E-state index contributed by atoms with van der Waals surface area (Å²) < 4.78 is 349. The Morgan fingerprint density at radius 3 is 0.872 bits per heavy atom. The summed E-state index contributed by atoms with van der Waals surface area (Å²) in [6.07, 6.45) is -50.4. The number of halogens is 24. The molecule has 6 aromatic carbocycles. The lowest BCUT2D eigenvalue weighted by molar-refractivity contribution is -0.181. The molecule has 86 heavy (non-hydrogen) atoms. The summed E-state index contributed by atoms with van der Waals surface area (Å²) in [5.74, 6) is -2.40. The summed E-state index contributed by atoms with van der Waals surface area (Å²) in [4.78, 5) is 15.6. The number of hydrogen-bond acceptors (Lipinski definition) is 6. The lowest BCUT2D eigenvalue weighted by Crippen LogP contribution is -2.27. The normalized spacial score (nSPS) is 13.3. The van der Waals surface area contributed by atoms with Crippen LogP contribution in [0.3, 0.4) is 0 Å². The fourth-order valence-corrected chi connectivity index (χ4v) is 9.60. The highest BCUT2D eigenvalue weighted by molar-refractivity contribution is 5.90. The molecule has 0 fully saturated rings. The van der Waals surface area contributed by atoms with Gasteiger partial charge in [-0.2, -0.15) is 105 Å². The van der Waals surface area contributed by atoms with Crippen LogP contribution in [0, 0.1) is 0 Å². The molecule has 446 valence electrons. The van der Waals surface area contributed by atoms with Crippen LogP contribution in [0.25, 0.3) is 101 Å². The van der Waals surface area contributed by atoms with Crippen molar-refractivity contribution in [3.05, 3.63) is 178 Å². The maximum Gasteiger partial charge on any atom is 0.420 e. The minimum absolute atomic E-state index is 0.292. The van der Waals surface area contributed by atoms with Gasteiger partial charge in [0.1, 0.15) is 22.2 Å². The molecule has 4 heterocycles. The molecule has 0 aliphatic heterocycles. The van der Waals surface area contributed by atoms with Crippen LogP contribution in [0.15, 0.2) is 142 Å². The van der Waals surface area contributed by atoms with Crippen molar-refractivity contribution >= 4 is 22.2 Å². The summed E-state index contributed by atoms with van der Waals surface area (Å²) in [5, 5.41) is 0. The van der Waals surface area contributed by atoms with Gasteiger partial charge in [0.2, 0.25) is 11.8 Å². The molecule has 0 bridgehead atoms. The molecule has 0 saturated carbocycles. The third-order valence-electron chi connectivity index (χ3n) is 13.1. The Morgan fingerprint density at radius 1 is 0.256 bits per heavy atom. The molecule has 0 spiro atoms. The van der Waals surface area contributed by atoms with Gasteiger partial charge in [-0.05, 0) is 76.3 Å². The van der Waals surface area contributed by atoms with Crippen LogP contribution < -0.4 is 0 Å². The number of benzene rings is 6. The van der Waals surface area contributed by atoms with E-state index in [9.17, 15) is 105 Å². The molecule has 0 aliphatic rings. The molecule has 0 radical (unpaired) electrons. The summed E-state index contributed by atoms with van der Waals surface area (Å²) in [6.45, 7) is 0. The van der Waals surface area contributed by atoms with E-state index >= 15 is 0 Å². The third kappa shape index (κ3) is 11.1. The largest absolute Gasteiger partial charge is 0.435 e. The molecule has 0 unspecified atom stereocenters. The second-order valence-corrected chi connectivity index (χ2v) is 18.5. The number of rotatable bonds is 7. The maximum atomic E-state index is 14.2. The molecule has 10 rings (SSSR count). The monoisotopic (exact) mass is 1240 g/mol. The van der Waals surface area contributed by atoms with Crippen LogP contribution >= 0.6 is 0 Å². The molecule has 10 aromatic rings. The Labute approximate surface area is 462 Å². The van der Waals surface area contributed by atoms with Gasteiger partial charge >= 0.3 is 49.4 Å². The highest BCUT2D eigenvalue weighted by Gasteiger charge is 2.60. The van der Waals surface area contributed by atoms with Crippen LogP contribution in [0.2, 0.25) is 0 Å². The molecule has 0 atom stereocenters. The Hall–Kier alpha value is -9.12. The number of pyridine rings is 2. The smallest absolute Gasteiger partial charge is 0.420 e. The van der Waals surface area contributed by atoms with Gasteiger partial charge in [-0.25, -0.2) is 15.0 Å². The van der Waals surface area contributed by atoms with Crippen LogP contribution in [0.5, 0.6) is 0 Å². The van der Waals surface area contributed by atoms with Crippen LogP contribution in [-0.4, -0.2) is 19.9 Å². The molecule has 30 heteroatoms. The van der Waals surface area contributed by atoms with E-state index < -0.39 is 139 Å². The Kier molecular flexibility index (Phi) is 14.1. The average Bonchev–Trinajstić information content (AvgIpc) is 1.32. The third-order valence-corrected chi connectivity index (χ3v) is 13.1. The van der Waals surface area contributed by atoms with Gasteiger partial charge in [-0.1, -0.05) is 78.9 Å². The quantitative estimate of drug-likeness (QED) is 0.148. The van der Waals surface area contributed by atoms with E-state index in [-0.39, 0.29) is 0 Å². The van der Waals surface area contributed by atoms with Gasteiger partial charge in [0, 0.05) is 28.5 Å². The molecule has 0 aliphatic carbocycles. The zero-order valence-electron chi connectivity index (χ0n) is 41.4. The van der Waals surface area contributed by atoms with E-state index in [0.29, 0.717) is 56.0 Å². The lowest BCUT2D eigenvalue weighted by atomic mass is 9.92. The summed E-state index contributed by atoms with van der Waals surface area (Å²) in [6, 6.07) is 29.9. The molecular weight excluding hydrogens is 1220 g/mol. The number of hydrogen-bond donors (Lipinski definition) is 0. The first-order chi connectivity index (χ1) is 39.7. The standard InChI is InChI=1S/C56H22F24N4O2/c57-49(58,59)34-36(51(63,64)65)40(55(75,76)77)45-43(38(34)53(69,70)71)83-47(85-45)29-16-8-25(9-17-29)23-4-12-27(13-5-23)31-20-21-33(32-3-1-2-22-81-32)82-42(31)28-14-6-24(7-15-28)26-10-18-30(19-11-26)48-84-44-39(54(72,73)74)35(50(60,61)62)37(52(66,67)68)41(46(44)86-48)56(78,79)80/h1-22H. The minimum atomic E-state index is -6.64. The number of nitrogens with zero attached hydrogens (tertiary/aromatic N) is 4. The summed E-state index contributed by atoms with van der Waals surface area (Å²) in [5.41, 5.74) is -33.2. The van der Waals surface area contributed by atoms with E-state index in [2.05, 4.69) is 15.0 Å². The molecule has 0 N–H and O–H groups in total. The number of aromatic nitrogens is 4. The predicted octanol–water partition coefficient (Wildman–Crippen LogP) is 20.6. The van der Waals surface area contributed by atoms with E-state index in [1.807, 2.05) is 0 Å². The predicted molar refractivity (Wildman–Crippen MR) is 255 cm³/mol. The molecule has 0 amide bonds. The SMILES string of the molecule is FC(F)(F)c1c(C(F)(F)F)c(C(F)(F)F)c2oc(-c3ccc(-c4ccc(-c5ccc(-c6ccccn6)nc5-c5ccc(-c6ccc(-c7nc8c(C(F)(F)F)c(C(F)(F)F)c(C(F)(F)F)c(C(F)(F)F)c8o7)cc6)cc5)cc4)cc3)nc2c1C(F)(F)F. The van der Waals surface area contributed by atoms with Crippen molar-refractivity contribution in [3.8, 4) is 78.9 Å². The molecule has 4 aromatic heterocycles. The molecule has 0 saturated heterocycles. The molecule has 6 nitrogen and oxygen atoms in total. The van der Waals surface area contributed by atoms with E-state index in [1.165, 1.54) is 30.5 Å². The van der Waals surface area contributed by atoms with Crippen molar-refractivity contribution < 1.29 is 114 Å². The minimum Gasteiger partial charge on any atom is -0.435 e. The second-order valence-electron chi connectivity index (χ2n) is 18.5. The number of fused-ring (bicyclic) bond motifs is 2. The van der Waals surface area contributed by atoms with Crippen molar-refractivity contribution in [1.29, 1.82) is 0 Å². The topological polar surface area (TPSA) is 77.8 Å². The maximum absolute atomic E-state index is 14.2. The van der Waals surface area contributed by atoms with Crippen molar-refractivity contribution in [2.75, 3.05) is 0 Å². The van der Waals surface area contributed by atoms with E-state index in [1.54, 1.807) is 78.9 Å². The fraction of sp³-hybridized carbons (Fsp3) is 0.143. The summed E-state index contributed by atoms with van der Waals surface area (Å²) in [7, 11) is 0. The van der Waals surface area contributed by atoms with Crippen molar-refractivity contribution in [1.82, 2.24) is 19.9 Å². The first kappa shape index (κ1) is 60.0. The Balaban J connectivity index is 0.976. The number of oxazole rings is 2. The zero-order valence-corrected chi connectivity index (χ0v) is 41.4. The van der Waals surface area contributed by atoms with Crippen LogP contribution in [0.4, 0.5) is 105 Å². The van der Waals surface area contributed by atoms with Gasteiger partial charge < -0.3 is 8.83 Å². The lowest BCUT2D eigenvalue weighted by Gasteiger charge is -2.24. The van der Waals surface area contributed by atoms with Gasteiger partial charge in [0.25, 0.3) is 0 Å². The number of alkyl halides is 24. The Bertz CT molecular complexity index is 4090. The second kappa shape index (κ2) is 20.3. The van der Waals surface area contributed by atoms with Gasteiger partial charge in [0.15, 0.2) is 11.2 Å². The summed E-state index contributed by atoms with van der Waals surface area (Å²) >= 11 is 0. The van der Waals surface area contributed by atoms with Gasteiger partial charge in [-0.15, -0.1) is 0 Å². The van der Waals surface area contributed by atoms with Crippen LogP contribution in [-0.2, 0) is 49.4 Å². The van der Waals surface area contributed by atoms with Crippen molar-refractivity contribution in [2.45, 2.75) is 49.4 Å². The van der Waals surface area contributed by atoms with Crippen LogP contribution in [0.1, 0.15) is 44.5 Å². The first-order valence-electron chi connectivity index (χ1n) is 23.7. The molecular formula is C56H22F24N4O2. The van der Waals surface area contributed by atoms with Gasteiger partial charge in [-0.3, -0.25) is 4.98 Å². The highest BCUT2D eigenvalue weighted by Crippen LogP contribution is 2.57. The van der Waals surface area contributed by atoms with Gasteiger partial charge in [0.05, 0.1) is 50.5 Å². The zero-order chi connectivity index (χ0) is 62.8. The van der Waals surface area contributed by atoms with E-state index in [4.69, 9.17) is 13.8 Å². The van der Waals surface area contributed by atoms with Crippen molar-refractivity contribution in [2.24, 2.45) is 0 Å².